The predicted molar refractivity (Wildman–Crippen MR) is 47.4 cm³/mol. The highest BCUT2D eigenvalue weighted by atomic mass is 19.2. The maximum absolute atomic E-state index is 13.2. The fraction of sp³-hybridized carbons (Fsp3) is 0. The summed E-state index contributed by atoms with van der Waals surface area (Å²) in [4.78, 5) is 0. The molecule has 0 aliphatic rings. The third kappa shape index (κ3) is 1.46. The number of rotatable bonds is 1. The van der Waals surface area contributed by atoms with Gasteiger partial charge in [-0.25, -0.2) is 8.78 Å². The van der Waals surface area contributed by atoms with Crippen LogP contribution in [0.25, 0.3) is 11.3 Å². The van der Waals surface area contributed by atoms with E-state index in [1.54, 1.807) is 12.1 Å². The molecule has 0 aliphatic carbocycles. The SMILES string of the molecule is Fc1cccc(-c2cccnn2)c1F. The van der Waals surface area contributed by atoms with Crippen molar-refractivity contribution in [1.29, 1.82) is 0 Å². The smallest absolute Gasteiger partial charge is 0.168 e. The van der Waals surface area contributed by atoms with E-state index >= 15 is 0 Å². The molecule has 0 spiro atoms. The minimum Gasteiger partial charge on any atom is -0.204 e. The Bertz CT molecular complexity index is 443. The van der Waals surface area contributed by atoms with Gasteiger partial charge >= 0.3 is 0 Å². The second-order valence-corrected chi connectivity index (χ2v) is 2.71. The van der Waals surface area contributed by atoms with Gasteiger partial charge in [-0.3, -0.25) is 0 Å². The zero-order valence-corrected chi connectivity index (χ0v) is 7.11. The Kier molecular flexibility index (Phi) is 2.18. The fourth-order valence-corrected chi connectivity index (χ4v) is 1.15. The largest absolute Gasteiger partial charge is 0.204 e. The lowest BCUT2D eigenvalue weighted by Crippen LogP contribution is -1.92. The van der Waals surface area contributed by atoms with Crippen LogP contribution >= 0.6 is 0 Å². The Balaban J connectivity index is 2.58. The lowest BCUT2D eigenvalue weighted by Gasteiger charge is -2.01. The van der Waals surface area contributed by atoms with Gasteiger partial charge in [-0.05, 0) is 24.3 Å². The van der Waals surface area contributed by atoms with Crippen LogP contribution in [-0.2, 0) is 0 Å². The highest BCUT2D eigenvalue weighted by molar-refractivity contribution is 5.58. The highest BCUT2D eigenvalue weighted by Crippen LogP contribution is 2.21. The van der Waals surface area contributed by atoms with E-state index in [1.807, 2.05) is 0 Å². The summed E-state index contributed by atoms with van der Waals surface area (Å²) in [5.74, 6) is -1.78. The van der Waals surface area contributed by atoms with E-state index in [0.717, 1.165) is 6.07 Å². The average Bonchev–Trinajstić information content (AvgIpc) is 2.23. The van der Waals surface area contributed by atoms with E-state index in [4.69, 9.17) is 0 Å². The van der Waals surface area contributed by atoms with Crippen LogP contribution in [0, 0.1) is 11.6 Å². The number of aromatic nitrogens is 2. The molecule has 1 aromatic heterocycles. The van der Waals surface area contributed by atoms with E-state index in [2.05, 4.69) is 10.2 Å². The second kappa shape index (κ2) is 3.49. The minimum absolute atomic E-state index is 0.123. The van der Waals surface area contributed by atoms with Crippen molar-refractivity contribution in [2.45, 2.75) is 0 Å². The molecule has 0 atom stereocenters. The third-order valence-corrected chi connectivity index (χ3v) is 1.80. The molecule has 0 radical (unpaired) electrons. The molecule has 0 amide bonds. The zero-order chi connectivity index (χ0) is 9.97. The standard InChI is InChI=1S/C10H6F2N2/c11-8-4-1-3-7(10(8)12)9-5-2-6-13-14-9/h1-6H. The van der Waals surface area contributed by atoms with Crippen LogP contribution < -0.4 is 0 Å². The number of hydrogen-bond acceptors (Lipinski definition) is 2. The van der Waals surface area contributed by atoms with E-state index < -0.39 is 11.6 Å². The summed E-state index contributed by atoms with van der Waals surface area (Å²) >= 11 is 0. The van der Waals surface area contributed by atoms with Crippen molar-refractivity contribution >= 4 is 0 Å². The first-order chi connectivity index (χ1) is 6.79. The first-order valence-electron chi connectivity index (χ1n) is 4.01. The Morgan fingerprint density at radius 2 is 1.86 bits per heavy atom. The van der Waals surface area contributed by atoms with Gasteiger partial charge in [0.05, 0.1) is 5.69 Å². The molecule has 2 aromatic rings. The molecule has 0 fully saturated rings. The highest BCUT2D eigenvalue weighted by Gasteiger charge is 2.09. The Morgan fingerprint density at radius 1 is 1.00 bits per heavy atom. The first-order valence-corrected chi connectivity index (χ1v) is 4.01. The molecule has 4 heteroatoms. The second-order valence-electron chi connectivity index (χ2n) is 2.71. The van der Waals surface area contributed by atoms with E-state index in [-0.39, 0.29) is 5.56 Å². The van der Waals surface area contributed by atoms with Gasteiger partial charge in [-0.2, -0.15) is 10.2 Å². The van der Waals surface area contributed by atoms with Crippen LogP contribution in [0.4, 0.5) is 8.78 Å². The fourth-order valence-electron chi connectivity index (χ4n) is 1.15. The molecular formula is C10H6F2N2. The van der Waals surface area contributed by atoms with Crippen molar-refractivity contribution in [3.63, 3.8) is 0 Å². The molecule has 70 valence electrons. The molecule has 2 rings (SSSR count). The molecule has 0 saturated carbocycles. The van der Waals surface area contributed by atoms with Gasteiger partial charge in [0.25, 0.3) is 0 Å². The van der Waals surface area contributed by atoms with Gasteiger partial charge in [-0.15, -0.1) is 0 Å². The summed E-state index contributed by atoms with van der Waals surface area (Å²) in [6.45, 7) is 0. The monoisotopic (exact) mass is 192 g/mol. The maximum Gasteiger partial charge on any atom is 0.168 e. The molecule has 1 aromatic carbocycles. The van der Waals surface area contributed by atoms with E-state index in [0.29, 0.717) is 5.69 Å². The van der Waals surface area contributed by atoms with Gasteiger partial charge in [0, 0.05) is 11.8 Å². The van der Waals surface area contributed by atoms with Gasteiger partial charge in [-0.1, -0.05) is 6.07 Å². The number of nitrogens with zero attached hydrogens (tertiary/aromatic N) is 2. The molecule has 2 nitrogen and oxygen atoms in total. The van der Waals surface area contributed by atoms with Crippen molar-refractivity contribution in [1.82, 2.24) is 10.2 Å². The minimum atomic E-state index is -0.895. The molecule has 0 saturated heterocycles. The number of benzene rings is 1. The lowest BCUT2D eigenvalue weighted by atomic mass is 10.1. The van der Waals surface area contributed by atoms with Crippen LogP contribution in [0.1, 0.15) is 0 Å². The summed E-state index contributed by atoms with van der Waals surface area (Å²) in [6.07, 6.45) is 1.47. The first kappa shape index (κ1) is 8.74. The van der Waals surface area contributed by atoms with Gasteiger partial charge in [0.2, 0.25) is 0 Å². The quantitative estimate of drug-likeness (QED) is 0.693. The predicted octanol–water partition coefficient (Wildman–Crippen LogP) is 2.42. The van der Waals surface area contributed by atoms with Crippen molar-refractivity contribution in [2.24, 2.45) is 0 Å². The summed E-state index contributed by atoms with van der Waals surface area (Å²) in [7, 11) is 0. The van der Waals surface area contributed by atoms with Crippen molar-refractivity contribution < 1.29 is 8.78 Å². The van der Waals surface area contributed by atoms with Crippen molar-refractivity contribution in [2.75, 3.05) is 0 Å². The van der Waals surface area contributed by atoms with E-state index in [9.17, 15) is 8.78 Å². The van der Waals surface area contributed by atoms with Crippen molar-refractivity contribution in [3.05, 3.63) is 48.2 Å². The molecule has 0 N–H and O–H groups in total. The Hall–Kier alpha value is -1.84. The van der Waals surface area contributed by atoms with Crippen molar-refractivity contribution in [3.8, 4) is 11.3 Å². The Morgan fingerprint density at radius 3 is 2.57 bits per heavy atom. The topological polar surface area (TPSA) is 25.8 Å². The van der Waals surface area contributed by atoms with Gasteiger partial charge in [0.15, 0.2) is 11.6 Å². The number of hydrogen-bond donors (Lipinski definition) is 0. The lowest BCUT2D eigenvalue weighted by molar-refractivity contribution is 0.511. The molecule has 0 unspecified atom stereocenters. The normalized spacial score (nSPS) is 10.1. The summed E-state index contributed by atoms with van der Waals surface area (Å²) < 4.78 is 26.1. The Labute approximate surface area is 79.2 Å². The van der Waals surface area contributed by atoms with Crippen LogP contribution in [0.5, 0.6) is 0 Å². The summed E-state index contributed by atoms with van der Waals surface area (Å²) in [6, 6.07) is 7.15. The van der Waals surface area contributed by atoms with E-state index in [1.165, 1.54) is 18.3 Å². The van der Waals surface area contributed by atoms with Crippen LogP contribution in [-0.4, -0.2) is 10.2 Å². The van der Waals surface area contributed by atoms with Crippen LogP contribution in [0.3, 0.4) is 0 Å². The molecule has 0 aliphatic heterocycles. The average molecular weight is 192 g/mol. The zero-order valence-electron chi connectivity index (χ0n) is 7.11. The molecular weight excluding hydrogens is 186 g/mol. The number of halogens is 2. The molecule has 0 bridgehead atoms. The van der Waals surface area contributed by atoms with Gasteiger partial charge in [0.1, 0.15) is 0 Å². The third-order valence-electron chi connectivity index (χ3n) is 1.80. The van der Waals surface area contributed by atoms with Crippen LogP contribution in [0.2, 0.25) is 0 Å². The van der Waals surface area contributed by atoms with Crippen LogP contribution in [0.15, 0.2) is 36.5 Å². The van der Waals surface area contributed by atoms with Gasteiger partial charge < -0.3 is 0 Å². The summed E-state index contributed by atoms with van der Waals surface area (Å²) in [5.41, 5.74) is 0.447. The maximum atomic E-state index is 13.2. The molecule has 14 heavy (non-hydrogen) atoms. The molecule has 1 heterocycles. The summed E-state index contributed by atoms with van der Waals surface area (Å²) in [5, 5.41) is 7.29.